The zero-order valence-corrected chi connectivity index (χ0v) is 8.32. The lowest BCUT2D eigenvalue weighted by Crippen LogP contribution is -2.14. The van der Waals surface area contributed by atoms with E-state index >= 15 is 0 Å². The lowest BCUT2D eigenvalue weighted by atomic mass is 10.2. The summed E-state index contributed by atoms with van der Waals surface area (Å²) < 4.78 is 0. The van der Waals surface area contributed by atoms with Crippen LogP contribution in [0.15, 0.2) is 6.07 Å². The minimum absolute atomic E-state index is 0.0452. The first-order chi connectivity index (χ1) is 6.58. The highest BCUT2D eigenvalue weighted by Crippen LogP contribution is 2.45. The van der Waals surface area contributed by atoms with Crippen molar-refractivity contribution in [2.24, 2.45) is 11.7 Å². The van der Waals surface area contributed by atoms with E-state index in [4.69, 9.17) is 5.73 Å². The Morgan fingerprint density at radius 2 is 2.00 bits per heavy atom. The highest BCUT2D eigenvalue weighted by atomic mass is 16.1. The van der Waals surface area contributed by atoms with Crippen molar-refractivity contribution in [3.63, 3.8) is 0 Å². The minimum Gasteiger partial charge on any atom is -0.369 e. The zero-order valence-electron chi connectivity index (χ0n) is 8.32. The van der Waals surface area contributed by atoms with Crippen LogP contribution in [-0.4, -0.2) is 15.9 Å². The van der Waals surface area contributed by atoms with Crippen LogP contribution in [-0.2, 0) is 4.79 Å². The molecule has 0 saturated heterocycles. The Morgan fingerprint density at radius 3 is 2.43 bits per heavy atom. The number of nitrogens with two attached hydrogens (primary N) is 1. The lowest BCUT2D eigenvalue weighted by Gasteiger charge is -2.01. The second kappa shape index (κ2) is 3.04. The maximum absolute atomic E-state index is 10.9. The van der Waals surface area contributed by atoms with Crippen LogP contribution in [0.4, 0.5) is 0 Å². The molecule has 2 rings (SSSR count). The number of amides is 1. The molecule has 0 radical (unpaired) electrons. The van der Waals surface area contributed by atoms with Crippen molar-refractivity contribution in [1.82, 2.24) is 9.97 Å². The SMILES string of the molecule is Cc1cc(C)nc(C2C[C@@H]2C(N)=O)n1. The van der Waals surface area contributed by atoms with Crippen molar-refractivity contribution in [3.8, 4) is 0 Å². The predicted octanol–water partition coefficient (Wildman–Crippen LogP) is 0.682. The molecule has 0 aliphatic heterocycles. The number of primary amides is 1. The molecule has 1 aliphatic rings. The molecule has 74 valence electrons. The second-order valence-corrected chi connectivity index (χ2v) is 3.86. The van der Waals surface area contributed by atoms with Crippen LogP contribution in [0.1, 0.15) is 29.6 Å². The molecular formula is C10H13N3O. The number of nitrogens with zero attached hydrogens (tertiary/aromatic N) is 2. The highest BCUT2D eigenvalue weighted by molar-refractivity contribution is 5.80. The monoisotopic (exact) mass is 191 g/mol. The van der Waals surface area contributed by atoms with Gasteiger partial charge in [-0.3, -0.25) is 4.79 Å². The molecule has 1 aromatic rings. The van der Waals surface area contributed by atoms with Crippen LogP contribution in [0.5, 0.6) is 0 Å². The summed E-state index contributed by atoms with van der Waals surface area (Å²) in [5.41, 5.74) is 7.10. The zero-order chi connectivity index (χ0) is 10.3. The van der Waals surface area contributed by atoms with Gasteiger partial charge < -0.3 is 5.73 Å². The number of aromatic nitrogens is 2. The van der Waals surface area contributed by atoms with Crippen LogP contribution < -0.4 is 5.73 Å². The fraction of sp³-hybridized carbons (Fsp3) is 0.500. The Bertz CT molecular complexity index is 369. The first-order valence-corrected chi connectivity index (χ1v) is 4.69. The summed E-state index contributed by atoms with van der Waals surface area (Å²) in [7, 11) is 0. The van der Waals surface area contributed by atoms with Gasteiger partial charge in [0.05, 0.1) is 0 Å². The Morgan fingerprint density at radius 1 is 1.43 bits per heavy atom. The standard InChI is InChI=1S/C10H13N3O/c1-5-3-6(2)13-10(12-5)8-4-7(8)9(11)14/h3,7-8H,4H2,1-2H3,(H2,11,14)/t7-,8?/m0/s1. The molecule has 0 bridgehead atoms. The molecule has 4 nitrogen and oxygen atoms in total. The summed E-state index contributed by atoms with van der Waals surface area (Å²) in [6.45, 7) is 3.86. The average molecular weight is 191 g/mol. The van der Waals surface area contributed by atoms with Crippen molar-refractivity contribution in [3.05, 3.63) is 23.3 Å². The van der Waals surface area contributed by atoms with Gasteiger partial charge in [0.1, 0.15) is 5.82 Å². The van der Waals surface area contributed by atoms with Crippen LogP contribution in [0.2, 0.25) is 0 Å². The van der Waals surface area contributed by atoms with E-state index in [0.29, 0.717) is 0 Å². The molecule has 1 saturated carbocycles. The molecular weight excluding hydrogens is 178 g/mol. The van der Waals surface area contributed by atoms with Crippen molar-refractivity contribution in [1.29, 1.82) is 0 Å². The second-order valence-electron chi connectivity index (χ2n) is 3.86. The van der Waals surface area contributed by atoms with E-state index in [9.17, 15) is 4.79 Å². The molecule has 0 aromatic carbocycles. The van der Waals surface area contributed by atoms with Gasteiger partial charge >= 0.3 is 0 Å². The van der Waals surface area contributed by atoms with E-state index in [2.05, 4.69) is 9.97 Å². The number of carbonyl (C=O) groups is 1. The Kier molecular flexibility index (Phi) is 1.98. The minimum atomic E-state index is -0.238. The molecule has 4 heteroatoms. The van der Waals surface area contributed by atoms with Gasteiger partial charge in [0.25, 0.3) is 0 Å². The van der Waals surface area contributed by atoms with Crippen molar-refractivity contribution >= 4 is 5.91 Å². The molecule has 1 unspecified atom stereocenters. The van der Waals surface area contributed by atoms with Crippen LogP contribution in [0, 0.1) is 19.8 Å². The number of rotatable bonds is 2. The number of hydrogen-bond acceptors (Lipinski definition) is 3. The maximum atomic E-state index is 10.9. The van der Waals surface area contributed by atoms with E-state index in [1.165, 1.54) is 0 Å². The molecule has 1 aromatic heterocycles. The number of carbonyl (C=O) groups excluding carboxylic acids is 1. The third kappa shape index (κ3) is 1.60. The number of aryl methyl sites for hydroxylation is 2. The fourth-order valence-electron chi connectivity index (χ4n) is 1.71. The van der Waals surface area contributed by atoms with Gasteiger partial charge in [-0.15, -0.1) is 0 Å². The first kappa shape index (κ1) is 9.12. The molecule has 2 N–H and O–H groups in total. The molecule has 1 heterocycles. The van der Waals surface area contributed by atoms with Crippen molar-refractivity contribution < 1.29 is 4.79 Å². The van der Waals surface area contributed by atoms with Gasteiger partial charge in [-0.1, -0.05) is 0 Å². The van der Waals surface area contributed by atoms with Crippen molar-refractivity contribution in [2.45, 2.75) is 26.2 Å². The lowest BCUT2D eigenvalue weighted by molar-refractivity contribution is -0.119. The quantitative estimate of drug-likeness (QED) is 0.747. The van der Waals surface area contributed by atoms with Gasteiger partial charge in [-0.2, -0.15) is 0 Å². The van der Waals surface area contributed by atoms with E-state index in [-0.39, 0.29) is 17.7 Å². The molecule has 2 atom stereocenters. The van der Waals surface area contributed by atoms with E-state index in [1.807, 2.05) is 19.9 Å². The van der Waals surface area contributed by atoms with Gasteiger partial charge in [-0.05, 0) is 26.3 Å². The summed E-state index contributed by atoms with van der Waals surface area (Å²) in [6.07, 6.45) is 0.804. The fourth-order valence-corrected chi connectivity index (χ4v) is 1.71. The third-order valence-electron chi connectivity index (χ3n) is 2.49. The Hall–Kier alpha value is -1.45. The van der Waals surface area contributed by atoms with Gasteiger partial charge in [0.2, 0.25) is 5.91 Å². The van der Waals surface area contributed by atoms with Crippen LogP contribution in [0.25, 0.3) is 0 Å². The summed E-state index contributed by atoms with van der Waals surface area (Å²) >= 11 is 0. The predicted molar refractivity (Wildman–Crippen MR) is 51.5 cm³/mol. The summed E-state index contributed by atoms with van der Waals surface area (Å²) in [4.78, 5) is 19.5. The molecule has 1 amide bonds. The summed E-state index contributed by atoms with van der Waals surface area (Å²) in [6, 6.07) is 1.92. The molecule has 1 fully saturated rings. The van der Waals surface area contributed by atoms with E-state index < -0.39 is 0 Å². The number of hydrogen-bond donors (Lipinski definition) is 1. The van der Waals surface area contributed by atoms with Gasteiger partial charge in [-0.25, -0.2) is 9.97 Å². The first-order valence-electron chi connectivity index (χ1n) is 4.69. The molecule has 14 heavy (non-hydrogen) atoms. The van der Waals surface area contributed by atoms with Gasteiger partial charge in [0.15, 0.2) is 0 Å². The average Bonchev–Trinajstić information content (AvgIpc) is 2.79. The normalized spacial score (nSPS) is 24.7. The van der Waals surface area contributed by atoms with Crippen LogP contribution in [0.3, 0.4) is 0 Å². The third-order valence-corrected chi connectivity index (χ3v) is 2.49. The Labute approximate surface area is 82.6 Å². The van der Waals surface area contributed by atoms with E-state index in [1.54, 1.807) is 0 Å². The smallest absolute Gasteiger partial charge is 0.221 e. The van der Waals surface area contributed by atoms with Crippen LogP contribution >= 0.6 is 0 Å². The highest BCUT2D eigenvalue weighted by Gasteiger charge is 2.44. The van der Waals surface area contributed by atoms with Crippen molar-refractivity contribution in [2.75, 3.05) is 0 Å². The topological polar surface area (TPSA) is 68.9 Å². The van der Waals surface area contributed by atoms with Gasteiger partial charge in [0, 0.05) is 23.2 Å². The summed E-state index contributed by atoms with van der Waals surface area (Å²) in [5, 5.41) is 0. The molecule has 1 aliphatic carbocycles. The summed E-state index contributed by atoms with van der Waals surface area (Å²) in [5.74, 6) is 0.645. The Balaban J connectivity index is 2.23. The maximum Gasteiger partial charge on any atom is 0.221 e. The van der Waals surface area contributed by atoms with E-state index in [0.717, 1.165) is 23.6 Å². The largest absolute Gasteiger partial charge is 0.369 e. The molecule has 0 spiro atoms.